The lowest BCUT2D eigenvalue weighted by molar-refractivity contribution is -0.122. The maximum Gasteiger partial charge on any atom is 0.291 e. The van der Waals surface area contributed by atoms with Gasteiger partial charge in [-0.1, -0.05) is 24.3 Å². The Kier molecular flexibility index (Phi) is 4.16. The molecule has 1 amide bonds. The number of carbonyl (C=O) groups is 1. The number of hydrogen-bond donors (Lipinski definition) is 1. The van der Waals surface area contributed by atoms with E-state index >= 15 is 0 Å². The van der Waals surface area contributed by atoms with E-state index in [1.807, 2.05) is 18.2 Å². The molecule has 0 saturated heterocycles. The molecule has 7 heteroatoms. The highest BCUT2D eigenvalue weighted by atomic mass is 19.1. The maximum absolute atomic E-state index is 13.5. The second kappa shape index (κ2) is 6.84. The highest BCUT2D eigenvalue weighted by molar-refractivity contribution is 5.86. The van der Waals surface area contributed by atoms with Crippen LogP contribution in [0.15, 0.2) is 59.7 Å². The van der Waals surface area contributed by atoms with E-state index < -0.39 is 0 Å². The van der Waals surface area contributed by atoms with Crippen LogP contribution in [0.4, 0.5) is 4.39 Å². The van der Waals surface area contributed by atoms with Crippen LogP contribution in [0.1, 0.15) is 30.0 Å². The van der Waals surface area contributed by atoms with Crippen LogP contribution in [0, 0.1) is 5.82 Å². The summed E-state index contributed by atoms with van der Waals surface area (Å²) in [5.41, 5.74) is 3.07. The molecule has 2 heterocycles. The Labute approximate surface area is 165 Å². The van der Waals surface area contributed by atoms with Gasteiger partial charge in [0.05, 0.1) is 11.6 Å². The van der Waals surface area contributed by atoms with Gasteiger partial charge in [0.15, 0.2) is 0 Å². The minimum Gasteiger partial charge on any atom is -0.348 e. The Morgan fingerprint density at radius 3 is 2.93 bits per heavy atom. The van der Waals surface area contributed by atoms with Crippen LogP contribution in [0.2, 0.25) is 0 Å². The van der Waals surface area contributed by atoms with E-state index in [9.17, 15) is 14.0 Å². The van der Waals surface area contributed by atoms with Crippen molar-refractivity contribution in [3.05, 3.63) is 82.2 Å². The van der Waals surface area contributed by atoms with E-state index in [-0.39, 0.29) is 29.9 Å². The van der Waals surface area contributed by atoms with Crippen molar-refractivity contribution in [3.63, 3.8) is 0 Å². The average Bonchev–Trinajstić information content (AvgIpc) is 3.09. The minimum absolute atomic E-state index is 0.0502. The van der Waals surface area contributed by atoms with E-state index in [0.29, 0.717) is 16.4 Å². The molecule has 29 heavy (non-hydrogen) atoms. The molecule has 0 aliphatic heterocycles. The zero-order valence-corrected chi connectivity index (χ0v) is 15.6. The standard InChI is InChI=1S/C22H19FN4O2/c23-16-8-9-19-15(10-16)11-20-22(29)27(24-13-26(19)20)12-21(28)25-18-7-3-5-14-4-1-2-6-17(14)18/h1-2,4,6,8-11,13,18H,3,5,7,12H2,(H,25,28)/t18-/m0/s1. The molecule has 1 atom stereocenters. The highest BCUT2D eigenvalue weighted by Crippen LogP contribution is 2.29. The number of aryl methyl sites for hydroxylation is 1. The Morgan fingerprint density at radius 2 is 2.03 bits per heavy atom. The van der Waals surface area contributed by atoms with Crippen molar-refractivity contribution in [1.29, 1.82) is 0 Å². The number of amides is 1. The molecular weight excluding hydrogens is 371 g/mol. The van der Waals surface area contributed by atoms with Crippen molar-refractivity contribution in [2.24, 2.45) is 0 Å². The number of nitrogens with zero attached hydrogens (tertiary/aromatic N) is 3. The van der Waals surface area contributed by atoms with Gasteiger partial charge in [0.2, 0.25) is 5.91 Å². The Hall–Kier alpha value is -3.48. The fraction of sp³-hybridized carbons (Fsp3) is 0.227. The Bertz CT molecular complexity index is 1310. The van der Waals surface area contributed by atoms with E-state index in [1.165, 1.54) is 24.0 Å². The highest BCUT2D eigenvalue weighted by Gasteiger charge is 2.22. The largest absolute Gasteiger partial charge is 0.348 e. The molecule has 146 valence electrons. The first-order valence-electron chi connectivity index (χ1n) is 9.64. The van der Waals surface area contributed by atoms with Crippen LogP contribution in [0.25, 0.3) is 16.4 Å². The molecule has 0 radical (unpaired) electrons. The van der Waals surface area contributed by atoms with Crippen molar-refractivity contribution in [2.45, 2.75) is 31.8 Å². The summed E-state index contributed by atoms with van der Waals surface area (Å²) in [5, 5.41) is 7.79. The monoisotopic (exact) mass is 390 g/mol. The van der Waals surface area contributed by atoms with Gasteiger partial charge in [0.1, 0.15) is 24.2 Å². The third kappa shape index (κ3) is 3.08. The van der Waals surface area contributed by atoms with E-state index in [4.69, 9.17) is 0 Å². The second-order valence-corrected chi connectivity index (χ2v) is 7.41. The summed E-state index contributed by atoms with van der Waals surface area (Å²) in [7, 11) is 0. The summed E-state index contributed by atoms with van der Waals surface area (Å²) >= 11 is 0. The number of carbonyl (C=O) groups excluding carboxylic acids is 1. The van der Waals surface area contributed by atoms with E-state index in [1.54, 1.807) is 16.5 Å². The van der Waals surface area contributed by atoms with Crippen molar-refractivity contribution < 1.29 is 9.18 Å². The molecule has 6 nitrogen and oxygen atoms in total. The first-order valence-corrected chi connectivity index (χ1v) is 9.64. The molecule has 1 aliphatic rings. The summed E-state index contributed by atoms with van der Waals surface area (Å²) < 4.78 is 16.2. The third-order valence-electron chi connectivity index (χ3n) is 5.56. The minimum atomic E-state index is -0.386. The van der Waals surface area contributed by atoms with Gasteiger partial charge < -0.3 is 5.32 Å². The van der Waals surface area contributed by atoms with Crippen LogP contribution in [-0.4, -0.2) is 20.1 Å². The lowest BCUT2D eigenvalue weighted by Crippen LogP contribution is -2.37. The van der Waals surface area contributed by atoms with E-state index in [0.717, 1.165) is 29.5 Å². The van der Waals surface area contributed by atoms with Crippen molar-refractivity contribution in [1.82, 2.24) is 19.5 Å². The number of rotatable bonds is 3. The van der Waals surface area contributed by atoms with Crippen molar-refractivity contribution in [3.8, 4) is 0 Å². The van der Waals surface area contributed by atoms with Crippen LogP contribution in [0.5, 0.6) is 0 Å². The molecule has 5 rings (SSSR count). The third-order valence-corrected chi connectivity index (χ3v) is 5.56. The van der Waals surface area contributed by atoms with Crippen LogP contribution in [-0.2, 0) is 17.8 Å². The zero-order chi connectivity index (χ0) is 20.0. The molecule has 2 aromatic heterocycles. The number of halogens is 1. The fourth-order valence-corrected chi connectivity index (χ4v) is 4.19. The SMILES string of the molecule is O=C(Cn1ncn2c(cc3cc(F)ccc32)c1=O)N[C@H]1CCCc2ccccc21. The second-order valence-electron chi connectivity index (χ2n) is 7.41. The summed E-state index contributed by atoms with van der Waals surface area (Å²) in [6.45, 7) is -0.163. The maximum atomic E-state index is 13.5. The molecule has 4 aromatic rings. The van der Waals surface area contributed by atoms with Crippen molar-refractivity contribution in [2.75, 3.05) is 0 Å². The Morgan fingerprint density at radius 1 is 1.17 bits per heavy atom. The number of aromatic nitrogens is 3. The summed E-state index contributed by atoms with van der Waals surface area (Å²) in [4.78, 5) is 25.4. The van der Waals surface area contributed by atoms with Gasteiger partial charge in [-0.15, -0.1) is 0 Å². The number of benzene rings is 2. The summed E-state index contributed by atoms with van der Waals surface area (Å²) in [6, 6.07) is 14.0. The van der Waals surface area contributed by atoms with Gasteiger partial charge in [-0.2, -0.15) is 5.10 Å². The van der Waals surface area contributed by atoms with Gasteiger partial charge >= 0.3 is 0 Å². The number of fused-ring (bicyclic) bond motifs is 4. The molecule has 0 bridgehead atoms. The average molecular weight is 390 g/mol. The summed E-state index contributed by atoms with van der Waals surface area (Å²) in [5.74, 6) is -0.623. The topological polar surface area (TPSA) is 68.4 Å². The smallest absolute Gasteiger partial charge is 0.291 e. The molecule has 2 aromatic carbocycles. The molecule has 1 N–H and O–H groups in total. The lowest BCUT2D eigenvalue weighted by Gasteiger charge is -2.26. The van der Waals surface area contributed by atoms with Gasteiger partial charge in [-0.05, 0) is 54.7 Å². The van der Waals surface area contributed by atoms with Crippen LogP contribution in [0.3, 0.4) is 0 Å². The molecule has 0 fully saturated rings. The molecule has 1 aliphatic carbocycles. The zero-order valence-electron chi connectivity index (χ0n) is 15.6. The molecule has 0 saturated carbocycles. The first-order chi connectivity index (χ1) is 14.1. The molecular formula is C22H19FN4O2. The van der Waals surface area contributed by atoms with Gasteiger partial charge in [-0.25, -0.2) is 9.07 Å². The summed E-state index contributed by atoms with van der Waals surface area (Å²) in [6.07, 6.45) is 4.39. The van der Waals surface area contributed by atoms with Crippen LogP contribution >= 0.6 is 0 Å². The van der Waals surface area contributed by atoms with E-state index in [2.05, 4.69) is 16.5 Å². The van der Waals surface area contributed by atoms with Gasteiger partial charge in [0, 0.05) is 5.39 Å². The van der Waals surface area contributed by atoms with Gasteiger partial charge in [0.25, 0.3) is 5.56 Å². The Balaban J connectivity index is 1.42. The van der Waals surface area contributed by atoms with Crippen molar-refractivity contribution >= 4 is 22.3 Å². The van der Waals surface area contributed by atoms with Gasteiger partial charge in [-0.3, -0.25) is 14.0 Å². The molecule has 0 spiro atoms. The predicted molar refractivity (Wildman–Crippen MR) is 107 cm³/mol. The number of hydrogen-bond acceptors (Lipinski definition) is 3. The number of nitrogens with one attached hydrogen (secondary N) is 1. The molecule has 0 unspecified atom stereocenters. The fourth-order valence-electron chi connectivity index (χ4n) is 4.19. The quantitative estimate of drug-likeness (QED) is 0.585. The predicted octanol–water partition coefficient (Wildman–Crippen LogP) is 2.98. The lowest BCUT2D eigenvalue weighted by atomic mass is 9.88. The normalized spacial score (nSPS) is 16.1. The first kappa shape index (κ1) is 17.6. The van der Waals surface area contributed by atoms with Crippen LogP contribution < -0.4 is 10.9 Å².